The first-order chi connectivity index (χ1) is 26.4. The van der Waals surface area contributed by atoms with E-state index in [2.05, 4.69) is 13.8 Å². The van der Waals surface area contributed by atoms with Crippen LogP contribution in [-0.4, -0.2) is 31.3 Å². The van der Waals surface area contributed by atoms with Gasteiger partial charge < -0.3 is 23.4 Å². The number of rotatable bonds is 25. The quantitative estimate of drug-likeness (QED) is 0.0333. The minimum Gasteiger partial charge on any atom is -0.494 e. The summed E-state index contributed by atoms with van der Waals surface area (Å²) < 4.78 is 29.9. The van der Waals surface area contributed by atoms with E-state index in [1.165, 1.54) is 94.8 Å². The fourth-order valence-corrected chi connectivity index (χ4v) is 7.49. The summed E-state index contributed by atoms with van der Waals surface area (Å²) in [6, 6.07) is 22.6. The molecule has 0 radical (unpaired) electrons. The Labute approximate surface area is 325 Å². The summed E-state index contributed by atoms with van der Waals surface area (Å²) >= 11 is 1.31. The molecule has 1 unspecified atom stereocenters. The van der Waals surface area contributed by atoms with E-state index in [0.717, 1.165) is 52.8 Å². The number of hydrogen-bond acceptors (Lipinski definition) is 8. The summed E-state index contributed by atoms with van der Waals surface area (Å²) in [5, 5.41) is 0.835. The summed E-state index contributed by atoms with van der Waals surface area (Å²) in [4.78, 5) is 26.2. The molecule has 7 nitrogen and oxygen atoms in total. The van der Waals surface area contributed by atoms with Gasteiger partial charge in [-0.05, 0) is 67.3 Å². The van der Waals surface area contributed by atoms with E-state index in [4.69, 9.17) is 23.4 Å². The van der Waals surface area contributed by atoms with Gasteiger partial charge in [-0.25, -0.2) is 9.59 Å². The molecule has 54 heavy (non-hydrogen) atoms. The maximum Gasteiger partial charge on any atom is 0.353 e. The molecule has 0 aliphatic rings. The molecular formula is C46H58O7S. The third kappa shape index (κ3) is 12.7. The van der Waals surface area contributed by atoms with Gasteiger partial charge in [-0.1, -0.05) is 128 Å². The first-order valence-corrected chi connectivity index (χ1v) is 21.1. The lowest BCUT2D eigenvalue weighted by atomic mass is 10.1. The minimum atomic E-state index is -0.657. The third-order valence-corrected chi connectivity index (χ3v) is 10.9. The average molecular weight is 755 g/mol. The van der Waals surface area contributed by atoms with Crippen LogP contribution in [0, 0.1) is 0 Å². The lowest BCUT2D eigenvalue weighted by Gasteiger charge is -2.12. The Balaban J connectivity index is 1.04. The maximum absolute atomic E-state index is 13.1. The minimum absolute atomic E-state index is 0.388. The highest BCUT2D eigenvalue weighted by Gasteiger charge is 2.20. The lowest BCUT2D eigenvalue weighted by Crippen LogP contribution is -2.26. The first-order valence-electron chi connectivity index (χ1n) is 20.3. The van der Waals surface area contributed by atoms with Crippen LogP contribution < -0.4 is 14.2 Å². The number of unbranched alkanes of at least 4 members (excludes halogenated alkanes) is 14. The van der Waals surface area contributed by atoms with Gasteiger partial charge in [-0.15, -0.1) is 11.3 Å². The second-order valence-corrected chi connectivity index (χ2v) is 15.3. The normalized spacial score (nSPS) is 12.0. The number of furan rings is 1. The number of fused-ring (bicyclic) bond motifs is 3. The Morgan fingerprint density at radius 3 is 1.74 bits per heavy atom. The highest BCUT2D eigenvalue weighted by molar-refractivity contribution is 7.21. The highest BCUT2D eigenvalue weighted by atomic mass is 32.1. The van der Waals surface area contributed by atoms with Gasteiger partial charge in [0.15, 0.2) is 6.10 Å². The molecule has 0 N–H and O–H groups in total. The van der Waals surface area contributed by atoms with E-state index >= 15 is 0 Å². The van der Waals surface area contributed by atoms with Gasteiger partial charge in [0.2, 0.25) is 0 Å². The Morgan fingerprint density at radius 2 is 1.13 bits per heavy atom. The Bertz CT molecular complexity index is 1850. The van der Waals surface area contributed by atoms with Crippen LogP contribution >= 0.6 is 11.3 Å². The van der Waals surface area contributed by atoms with Crippen LogP contribution in [0.4, 0.5) is 0 Å². The Morgan fingerprint density at radius 1 is 0.593 bits per heavy atom. The molecule has 290 valence electrons. The molecule has 3 aromatic carbocycles. The standard InChI is InChI=1S/C46H58O7S/c1-4-6-8-10-12-13-14-15-17-18-30-49-34(3)45(47)52-39-28-29-40-41(32-39)53-42-33-43(54-44(40)42)46(48)51-38-26-22-36(23-27-38)35-20-24-37(25-21-35)50-31-19-16-11-9-7-5-2/h20-29,32-34H,4-19,30-31H2,1-3H3. The molecule has 5 rings (SSSR count). The van der Waals surface area contributed by atoms with Gasteiger partial charge in [0, 0.05) is 24.1 Å². The predicted molar refractivity (Wildman–Crippen MR) is 220 cm³/mol. The van der Waals surface area contributed by atoms with Crippen LogP contribution in [-0.2, 0) is 9.53 Å². The van der Waals surface area contributed by atoms with Crippen molar-refractivity contribution >= 4 is 44.5 Å². The van der Waals surface area contributed by atoms with Gasteiger partial charge in [0.25, 0.3) is 0 Å². The van der Waals surface area contributed by atoms with Crippen molar-refractivity contribution in [3.05, 3.63) is 77.7 Å². The zero-order chi connectivity index (χ0) is 38.0. The molecule has 0 bridgehead atoms. The molecule has 0 aliphatic heterocycles. The molecule has 0 saturated carbocycles. The monoisotopic (exact) mass is 754 g/mol. The zero-order valence-electron chi connectivity index (χ0n) is 32.5. The van der Waals surface area contributed by atoms with E-state index in [1.54, 1.807) is 37.3 Å². The van der Waals surface area contributed by atoms with Crippen molar-refractivity contribution in [1.82, 2.24) is 0 Å². The molecule has 0 amide bonds. The third-order valence-electron chi connectivity index (χ3n) is 9.75. The van der Waals surface area contributed by atoms with Gasteiger partial charge in [-0.2, -0.15) is 0 Å². The molecule has 0 fully saturated rings. The van der Waals surface area contributed by atoms with Crippen molar-refractivity contribution in [3.63, 3.8) is 0 Å². The number of esters is 2. The number of thiophene rings is 1. The summed E-state index contributed by atoms with van der Waals surface area (Å²) in [5.74, 6) is 0.844. The summed E-state index contributed by atoms with van der Waals surface area (Å²) in [7, 11) is 0. The van der Waals surface area contributed by atoms with Crippen molar-refractivity contribution < 1.29 is 33.0 Å². The summed E-state index contributed by atoms with van der Waals surface area (Å²) in [6.07, 6.45) is 19.3. The number of carbonyl (C=O) groups is 2. The fraction of sp³-hybridized carbons (Fsp3) is 0.478. The molecule has 8 heteroatoms. The van der Waals surface area contributed by atoms with E-state index < -0.39 is 18.0 Å². The largest absolute Gasteiger partial charge is 0.494 e. The molecule has 1 atom stereocenters. The summed E-state index contributed by atoms with van der Waals surface area (Å²) in [6.45, 7) is 7.49. The van der Waals surface area contributed by atoms with Crippen LogP contribution in [0.15, 0.2) is 77.2 Å². The van der Waals surface area contributed by atoms with Gasteiger partial charge in [0.05, 0.1) is 11.3 Å². The van der Waals surface area contributed by atoms with Crippen LogP contribution in [0.3, 0.4) is 0 Å². The molecule has 5 aromatic rings. The molecule has 0 saturated heterocycles. The summed E-state index contributed by atoms with van der Waals surface area (Å²) in [5.41, 5.74) is 3.24. The second kappa shape index (κ2) is 22.3. The van der Waals surface area contributed by atoms with Crippen LogP contribution in [0.25, 0.3) is 32.4 Å². The number of benzene rings is 3. The van der Waals surface area contributed by atoms with Crippen molar-refractivity contribution in [2.45, 2.75) is 130 Å². The molecule has 2 heterocycles. The Kier molecular flexibility index (Phi) is 16.9. The molecular weight excluding hydrogens is 697 g/mol. The molecule has 0 spiro atoms. The van der Waals surface area contributed by atoms with E-state index in [9.17, 15) is 9.59 Å². The lowest BCUT2D eigenvalue weighted by molar-refractivity contribution is -0.146. The van der Waals surface area contributed by atoms with Crippen molar-refractivity contribution in [3.8, 4) is 28.4 Å². The smallest absolute Gasteiger partial charge is 0.353 e. The highest BCUT2D eigenvalue weighted by Crippen LogP contribution is 2.37. The van der Waals surface area contributed by atoms with Crippen molar-refractivity contribution in [2.75, 3.05) is 13.2 Å². The number of ether oxygens (including phenoxy) is 4. The topological polar surface area (TPSA) is 84.2 Å². The number of carbonyl (C=O) groups excluding carboxylic acids is 2. The van der Waals surface area contributed by atoms with Gasteiger partial charge in [-0.3, -0.25) is 0 Å². The van der Waals surface area contributed by atoms with Gasteiger partial charge >= 0.3 is 11.9 Å². The SMILES string of the molecule is CCCCCCCCCCCCOC(C)C(=O)Oc1ccc2c(c1)oc1cc(C(=O)Oc3ccc(-c4ccc(OCCCCCCCC)cc4)cc3)sc12. The fourth-order valence-electron chi connectivity index (χ4n) is 6.50. The average Bonchev–Trinajstić information content (AvgIpc) is 3.75. The van der Waals surface area contributed by atoms with E-state index in [0.29, 0.717) is 34.1 Å². The van der Waals surface area contributed by atoms with Crippen LogP contribution in [0.5, 0.6) is 17.2 Å². The second-order valence-electron chi connectivity index (χ2n) is 14.2. The van der Waals surface area contributed by atoms with Crippen molar-refractivity contribution in [1.29, 1.82) is 0 Å². The molecule has 2 aromatic heterocycles. The van der Waals surface area contributed by atoms with Crippen LogP contribution in [0.2, 0.25) is 0 Å². The first kappa shape index (κ1) is 41.0. The number of hydrogen-bond donors (Lipinski definition) is 0. The van der Waals surface area contributed by atoms with Crippen molar-refractivity contribution in [2.24, 2.45) is 0 Å². The maximum atomic E-state index is 13.1. The zero-order valence-corrected chi connectivity index (χ0v) is 33.3. The molecule has 0 aliphatic carbocycles. The van der Waals surface area contributed by atoms with E-state index in [-0.39, 0.29) is 0 Å². The predicted octanol–water partition coefficient (Wildman–Crippen LogP) is 13.5. The van der Waals surface area contributed by atoms with Crippen LogP contribution in [0.1, 0.15) is 133 Å². The van der Waals surface area contributed by atoms with E-state index in [1.807, 2.05) is 42.5 Å². The van der Waals surface area contributed by atoms with Gasteiger partial charge in [0.1, 0.15) is 33.3 Å². The Hall–Kier alpha value is -4.14.